The molecule has 4 nitrogen and oxygen atoms in total. The minimum Gasteiger partial charge on any atom is -0.367 e. The van der Waals surface area contributed by atoms with Crippen molar-refractivity contribution in [3.8, 4) is 0 Å². The molecule has 1 saturated carbocycles. The first-order chi connectivity index (χ1) is 9.66. The number of likely N-dealkylation sites (tertiary alicyclic amines) is 1. The number of benzene rings is 1. The summed E-state index contributed by atoms with van der Waals surface area (Å²) in [6.07, 6.45) is 3.70. The molecule has 0 bridgehead atoms. The summed E-state index contributed by atoms with van der Waals surface area (Å²) in [5, 5.41) is 3.00. The molecule has 1 saturated heterocycles. The zero-order valence-corrected chi connectivity index (χ0v) is 11.1. The molecule has 2 amide bonds. The fraction of sp³-hybridized carbons (Fsp3) is 0.467. The van der Waals surface area contributed by atoms with Crippen LogP contribution in [0.5, 0.6) is 0 Å². The van der Waals surface area contributed by atoms with Crippen molar-refractivity contribution < 1.29 is 14.0 Å². The largest absolute Gasteiger partial charge is 0.367 e. The molecule has 1 aromatic rings. The second-order valence-corrected chi connectivity index (χ2v) is 5.44. The van der Waals surface area contributed by atoms with Gasteiger partial charge in [0.05, 0.1) is 18.5 Å². The number of carbonyl (C=O) groups is 2. The number of fused-ring (bicyclic) bond motifs is 1. The fourth-order valence-corrected chi connectivity index (χ4v) is 3.12. The summed E-state index contributed by atoms with van der Waals surface area (Å²) in [6, 6.07) is 5.87. The van der Waals surface area contributed by atoms with Gasteiger partial charge in [-0.2, -0.15) is 0 Å². The van der Waals surface area contributed by atoms with Gasteiger partial charge >= 0.3 is 0 Å². The van der Waals surface area contributed by atoms with Crippen molar-refractivity contribution in [2.24, 2.45) is 11.8 Å². The maximum absolute atomic E-state index is 12.8. The first-order valence-electron chi connectivity index (χ1n) is 7.01. The Morgan fingerprint density at radius 2 is 1.60 bits per heavy atom. The highest BCUT2D eigenvalue weighted by atomic mass is 19.1. The third-order valence-corrected chi connectivity index (χ3v) is 4.22. The Hall–Kier alpha value is -1.91. The number of hydrogen-bond acceptors (Lipinski definition) is 3. The van der Waals surface area contributed by atoms with Crippen LogP contribution in [-0.2, 0) is 9.59 Å². The van der Waals surface area contributed by atoms with Gasteiger partial charge in [0.25, 0.3) is 0 Å². The van der Waals surface area contributed by atoms with E-state index in [4.69, 9.17) is 0 Å². The monoisotopic (exact) mass is 276 g/mol. The summed E-state index contributed by atoms with van der Waals surface area (Å²) < 4.78 is 12.8. The molecule has 0 unspecified atom stereocenters. The van der Waals surface area contributed by atoms with Gasteiger partial charge in [-0.3, -0.25) is 14.5 Å². The van der Waals surface area contributed by atoms with E-state index in [1.165, 1.54) is 17.0 Å². The van der Waals surface area contributed by atoms with Crippen LogP contribution >= 0.6 is 0 Å². The minimum absolute atomic E-state index is 0.0608. The van der Waals surface area contributed by atoms with Crippen molar-refractivity contribution in [1.29, 1.82) is 0 Å². The van der Waals surface area contributed by atoms with Crippen LogP contribution in [0.1, 0.15) is 25.7 Å². The molecule has 0 spiro atoms. The minimum atomic E-state index is -0.310. The second-order valence-electron chi connectivity index (χ2n) is 5.44. The number of nitrogens with zero attached hydrogens (tertiary/aromatic N) is 1. The number of hydrogen-bond donors (Lipinski definition) is 1. The summed E-state index contributed by atoms with van der Waals surface area (Å²) in [5.41, 5.74) is 0.696. The van der Waals surface area contributed by atoms with E-state index in [1.54, 1.807) is 12.1 Å². The predicted molar refractivity (Wildman–Crippen MR) is 72.2 cm³/mol. The highest BCUT2D eigenvalue weighted by Crippen LogP contribution is 2.37. The molecule has 20 heavy (non-hydrogen) atoms. The van der Waals surface area contributed by atoms with Crippen molar-refractivity contribution in [3.63, 3.8) is 0 Å². The lowest BCUT2D eigenvalue weighted by Crippen LogP contribution is -2.35. The van der Waals surface area contributed by atoms with Gasteiger partial charge in [0.2, 0.25) is 11.8 Å². The predicted octanol–water partition coefficient (Wildman–Crippen LogP) is 2.37. The van der Waals surface area contributed by atoms with Crippen LogP contribution in [0.15, 0.2) is 24.3 Å². The Balaban J connectivity index is 1.66. The molecule has 2 aliphatic rings. The van der Waals surface area contributed by atoms with Gasteiger partial charge in [-0.05, 0) is 37.1 Å². The number of nitrogens with one attached hydrogen (secondary N) is 1. The van der Waals surface area contributed by atoms with Crippen molar-refractivity contribution in [3.05, 3.63) is 30.1 Å². The van der Waals surface area contributed by atoms with Crippen LogP contribution in [0.3, 0.4) is 0 Å². The van der Waals surface area contributed by atoms with Gasteiger partial charge in [-0.1, -0.05) is 12.8 Å². The van der Waals surface area contributed by atoms with Crippen molar-refractivity contribution in [2.45, 2.75) is 25.7 Å². The van der Waals surface area contributed by atoms with Crippen molar-refractivity contribution >= 4 is 17.5 Å². The molecule has 2 atom stereocenters. The molecule has 1 heterocycles. The molecule has 1 aliphatic carbocycles. The SMILES string of the molecule is O=C1[C@H]2CCCC[C@H]2C(=O)N1CNc1ccc(F)cc1. The van der Waals surface area contributed by atoms with Gasteiger partial charge in [-0.15, -0.1) is 0 Å². The number of amides is 2. The van der Waals surface area contributed by atoms with Crippen LogP contribution < -0.4 is 5.32 Å². The molecule has 1 aromatic carbocycles. The van der Waals surface area contributed by atoms with Crippen LogP contribution in [0.4, 0.5) is 10.1 Å². The Labute approximate surface area is 117 Å². The van der Waals surface area contributed by atoms with Gasteiger partial charge in [0, 0.05) is 5.69 Å². The third kappa shape index (κ3) is 2.28. The average Bonchev–Trinajstić information content (AvgIpc) is 2.71. The molecule has 2 fully saturated rings. The quantitative estimate of drug-likeness (QED) is 0.862. The number of anilines is 1. The van der Waals surface area contributed by atoms with Gasteiger partial charge in [0.15, 0.2) is 0 Å². The molecule has 3 rings (SSSR count). The zero-order chi connectivity index (χ0) is 14.1. The molecule has 106 valence electrons. The number of carbonyl (C=O) groups excluding carboxylic acids is 2. The van der Waals surface area contributed by atoms with Crippen LogP contribution in [0.2, 0.25) is 0 Å². The summed E-state index contributed by atoms with van der Waals surface area (Å²) in [7, 11) is 0. The second kappa shape index (κ2) is 5.23. The van der Waals surface area contributed by atoms with Gasteiger partial charge in [0.1, 0.15) is 5.82 Å². The third-order valence-electron chi connectivity index (χ3n) is 4.22. The van der Waals surface area contributed by atoms with E-state index >= 15 is 0 Å². The number of imide groups is 1. The lowest BCUT2D eigenvalue weighted by atomic mass is 9.81. The lowest BCUT2D eigenvalue weighted by Gasteiger charge is -2.19. The maximum Gasteiger partial charge on any atom is 0.234 e. The highest BCUT2D eigenvalue weighted by molar-refractivity contribution is 6.05. The fourth-order valence-electron chi connectivity index (χ4n) is 3.12. The summed E-state index contributed by atoms with van der Waals surface area (Å²) in [4.78, 5) is 25.8. The maximum atomic E-state index is 12.8. The Kier molecular flexibility index (Phi) is 3.42. The normalized spacial score (nSPS) is 25.8. The molecule has 1 N–H and O–H groups in total. The Morgan fingerprint density at radius 3 is 2.15 bits per heavy atom. The van der Waals surface area contributed by atoms with E-state index in [2.05, 4.69) is 5.32 Å². The first kappa shape index (κ1) is 13.1. The molecule has 5 heteroatoms. The summed E-state index contributed by atoms with van der Waals surface area (Å²) in [5.74, 6) is -0.670. The molecule has 0 aromatic heterocycles. The van der Waals surface area contributed by atoms with E-state index in [1.807, 2.05) is 0 Å². The van der Waals surface area contributed by atoms with E-state index in [9.17, 15) is 14.0 Å². The van der Waals surface area contributed by atoms with Crippen molar-refractivity contribution in [2.75, 3.05) is 12.0 Å². The topological polar surface area (TPSA) is 49.4 Å². The van der Waals surface area contributed by atoms with Crippen LogP contribution in [0.25, 0.3) is 0 Å². The smallest absolute Gasteiger partial charge is 0.234 e. The van der Waals surface area contributed by atoms with Crippen LogP contribution in [-0.4, -0.2) is 23.4 Å². The molecular weight excluding hydrogens is 259 g/mol. The highest BCUT2D eigenvalue weighted by Gasteiger charge is 2.47. The van der Waals surface area contributed by atoms with E-state index in [-0.39, 0.29) is 36.1 Å². The number of rotatable bonds is 3. The van der Waals surface area contributed by atoms with E-state index in [0.29, 0.717) is 5.69 Å². The van der Waals surface area contributed by atoms with Gasteiger partial charge < -0.3 is 5.32 Å². The standard InChI is InChI=1S/C15H17FN2O2/c16-10-5-7-11(8-6-10)17-9-18-14(19)12-3-1-2-4-13(12)15(18)20/h5-8,12-13,17H,1-4,9H2/t12-,13+. The van der Waals surface area contributed by atoms with E-state index in [0.717, 1.165) is 25.7 Å². The lowest BCUT2D eigenvalue weighted by molar-refractivity contribution is -0.139. The zero-order valence-electron chi connectivity index (χ0n) is 11.1. The Bertz CT molecular complexity index is 505. The van der Waals surface area contributed by atoms with Crippen LogP contribution in [0, 0.1) is 17.7 Å². The van der Waals surface area contributed by atoms with Crippen molar-refractivity contribution in [1.82, 2.24) is 4.90 Å². The van der Waals surface area contributed by atoms with Gasteiger partial charge in [-0.25, -0.2) is 4.39 Å². The molecule has 0 radical (unpaired) electrons. The van der Waals surface area contributed by atoms with E-state index < -0.39 is 0 Å². The average molecular weight is 276 g/mol. The first-order valence-corrected chi connectivity index (χ1v) is 7.01. The Morgan fingerprint density at radius 1 is 1.05 bits per heavy atom. The molecular formula is C15H17FN2O2. The molecule has 1 aliphatic heterocycles. The summed E-state index contributed by atoms with van der Waals surface area (Å²) >= 11 is 0. The summed E-state index contributed by atoms with van der Waals surface area (Å²) in [6.45, 7) is 0.163. The number of halogens is 1.